The zero-order chi connectivity index (χ0) is 14.0. The fourth-order valence-electron chi connectivity index (χ4n) is 1.93. The lowest BCUT2D eigenvalue weighted by Gasteiger charge is -2.15. The maximum absolute atomic E-state index is 13.0. The molecule has 1 N–H and O–H groups in total. The van der Waals surface area contributed by atoms with Gasteiger partial charge in [-0.15, -0.1) is 0 Å². The first-order valence-electron chi connectivity index (χ1n) is 5.86. The molecule has 0 heterocycles. The lowest BCUT2D eigenvalue weighted by atomic mass is 10.00. The van der Waals surface area contributed by atoms with Crippen molar-refractivity contribution in [3.8, 4) is 0 Å². The lowest BCUT2D eigenvalue weighted by molar-refractivity contribution is 0.177. The molecule has 0 bridgehead atoms. The van der Waals surface area contributed by atoms with Crippen LogP contribution in [0.5, 0.6) is 0 Å². The molecule has 0 amide bonds. The Morgan fingerprint density at radius 3 is 2.74 bits per heavy atom. The SMILES string of the molecule is Cc1cccc(C(O)Cc2ccc(F)cc2Cl)c1I. The second-order valence-corrected chi connectivity index (χ2v) is 5.92. The largest absolute Gasteiger partial charge is 0.388 e. The fourth-order valence-corrected chi connectivity index (χ4v) is 2.90. The molecule has 0 saturated carbocycles. The Morgan fingerprint density at radius 1 is 1.32 bits per heavy atom. The maximum atomic E-state index is 13.0. The third-order valence-corrected chi connectivity index (χ3v) is 4.83. The highest BCUT2D eigenvalue weighted by atomic mass is 127. The summed E-state index contributed by atoms with van der Waals surface area (Å²) in [5.74, 6) is -0.367. The second-order valence-electron chi connectivity index (χ2n) is 4.43. The quantitative estimate of drug-likeness (QED) is 0.755. The maximum Gasteiger partial charge on any atom is 0.124 e. The molecule has 19 heavy (non-hydrogen) atoms. The highest BCUT2D eigenvalue weighted by molar-refractivity contribution is 14.1. The fraction of sp³-hybridized carbons (Fsp3) is 0.200. The Bertz CT molecular complexity index is 601. The summed E-state index contributed by atoms with van der Waals surface area (Å²) >= 11 is 8.20. The Morgan fingerprint density at radius 2 is 2.05 bits per heavy atom. The van der Waals surface area contributed by atoms with E-state index >= 15 is 0 Å². The molecule has 1 atom stereocenters. The summed E-state index contributed by atoms with van der Waals surface area (Å²) in [5.41, 5.74) is 2.75. The van der Waals surface area contributed by atoms with E-state index in [1.54, 1.807) is 6.07 Å². The van der Waals surface area contributed by atoms with Crippen LogP contribution >= 0.6 is 34.2 Å². The third-order valence-electron chi connectivity index (χ3n) is 3.01. The zero-order valence-electron chi connectivity index (χ0n) is 10.3. The van der Waals surface area contributed by atoms with E-state index in [4.69, 9.17) is 11.6 Å². The highest BCUT2D eigenvalue weighted by Gasteiger charge is 2.14. The molecule has 0 aromatic heterocycles. The monoisotopic (exact) mass is 390 g/mol. The summed E-state index contributed by atoms with van der Waals surface area (Å²) in [6.07, 6.45) is -0.270. The smallest absolute Gasteiger partial charge is 0.124 e. The minimum Gasteiger partial charge on any atom is -0.388 e. The number of aryl methyl sites for hydroxylation is 1. The van der Waals surface area contributed by atoms with Gasteiger partial charge in [-0.2, -0.15) is 0 Å². The van der Waals surface area contributed by atoms with Crippen molar-refractivity contribution in [2.24, 2.45) is 0 Å². The summed E-state index contributed by atoms with van der Waals surface area (Å²) in [7, 11) is 0. The second kappa shape index (κ2) is 6.20. The molecule has 100 valence electrons. The predicted molar refractivity (Wildman–Crippen MR) is 84.0 cm³/mol. The van der Waals surface area contributed by atoms with Crippen LogP contribution in [0.2, 0.25) is 5.02 Å². The highest BCUT2D eigenvalue weighted by Crippen LogP contribution is 2.28. The number of hydrogen-bond donors (Lipinski definition) is 1. The first-order chi connectivity index (χ1) is 8.99. The number of hydrogen-bond acceptors (Lipinski definition) is 1. The molecule has 0 aliphatic rings. The van der Waals surface area contributed by atoms with Crippen LogP contribution in [0, 0.1) is 16.3 Å². The van der Waals surface area contributed by atoms with Gasteiger partial charge in [-0.25, -0.2) is 4.39 Å². The van der Waals surface area contributed by atoms with Crippen LogP contribution in [-0.2, 0) is 6.42 Å². The Hall–Kier alpha value is -0.650. The molecular weight excluding hydrogens is 378 g/mol. The minimum absolute atomic E-state index is 0.349. The van der Waals surface area contributed by atoms with E-state index in [1.807, 2.05) is 25.1 Å². The van der Waals surface area contributed by atoms with Gasteiger partial charge in [0.2, 0.25) is 0 Å². The van der Waals surface area contributed by atoms with Gasteiger partial charge in [-0.3, -0.25) is 0 Å². The summed E-state index contributed by atoms with van der Waals surface area (Å²) in [5, 5.41) is 10.7. The summed E-state index contributed by atoms with van der Waals surface area (Å²) in [4.78, 5) is 0. The van der Waals surface area contributed by atoms with Gasteiger partial charge < -0.3 is 5.11 Å². The predicted octanol–water partition coefficient (Wildman–Crippen LogP) is 4.67. The summed E-state index contributed by atoms with van der Waals surface area (Å²) in [6, 6.07) is 10.1. The average molecular weight is 391 g/mol. The van der Waals surface area contributed by atoms with Crippen molar-refractivity contribution in [1.29, 1.82) is 0 Å². The molecule has 2 aromatic rings. The topological polar surface area (TPSA) is 20.2 Å². The number of aliphatic hydroxyl groups is 1. The van der Waals surface area contributed by atoms with Crippen molar-refractivity contribution >= 4 is 34.2 Å². The van der Waals surface area contributed by atoms with E-state index in [1.165, 1.54) is 12.1 Å². The summed E-state index contributed by atoms with van der Waals surface area (Å²) in [6.45, 7) is 2.00. The third kappa shape index (κ3) is 3.46. The van der Waals surface area contributed by atoms with Crippen molar-refractivity contribution in [3.05, 3.63) is 67.5 Å². The molecule has 2 aromatic carbocycles. The van der Waals surface area contributed by atoms with E-state index in [9.17, 15) is 9.50 Å². The van der Waals surface area contributed by atoms with Gasteiger partial charge in [0, 0.05) is 15.0 Å². The molecule has 0 radical (unpaired) electrons. The van der Waals surface area contributed by atoms with Crippen molar-refractivity contribution in [2.45, 2.75) is 19.4 Å². The van der Waals surface area contributed by atoms with Crippen LogP contribution in [0.3, 0.4) is 0 Å². The van der Waals surface area contributed by atoms with Crippen molar-refractivity contribution in [2.75, 3.05) is 0 Å². The number of halogens is 3. The molecule has 0 aliphatic carbocycles. The minimum atomic E-state index is -0.644. The van der Waals surface area contributed by atoms with Gasteiger partial charge in [-0.05, 0) is 58.3 Å². The van der Waals surface area contributed by atoms with Gasteiger partial charge in [0.15, 0.2) is 0 Å². The first-order valence-corrected chi connectivity index (χ1v) is 7.31. The van der Waals surface area contributed by atoms with Crippen LogP contribution in [0.1, 0.15) is 22.8 Å². The van der Waals surface area contributed by atoms with Crippen LogP contribution in [0.25, 0.3) is 0 Å². The number of aliphatic hydroxyl groups excluding tert-OH is 1. The van der Waals surface area contributed by atoms with Gasteiger partial charge in [0.1, 0.15) is 5.82 Å². The number of rotatable bonds is 3. The Balaban J connectivity index is 2.25. The van der Waals surface area contributed by atoms with Crippen LogP contribution in [0.15, 0.2) is 36.4 Å². The molecule has 0 aliphatic heterocycles. The standard InChI is InChI=1S/C15H13ClFIO/c1-9-3-2-4-12(15(9)18)14(19)7-10-5-6-11(17)8-13(10)16/h2-6,8,14,19H,7H2,1H3. The normalized spacial score (nSPS) is 12.5. The molecular formula is C15H13ClFIO. The van der Waals surface area contributed by atoms with Gasteiger partial charge >= 0.3 is 0 Å². The van der Waals surface area contributed by atoms with Gasteiger partial charge in [0.05, 0.1) is 6.10 Å². The molecule has 2 rings (SSSR count). The van der Waals surface area contributed by atoms with Gasteiger partial charge in [-0.1, -0.05) is 35.9 Å². The van der Waals surface area contributed by atoms with Crippen molar-refractivity contribution < 1.29 is 9.50 Å². The van der Waals surface area contributed by atoms with Crippen molar-refractivity contribution in [1.82, 2.24) is 0 Å². The van der Waals surface area contributed by atoms with E-state index in [2.05, 4.69) is 22.6 Å². The molecule has 0 spiro atoms. The molecule has 0 fully saturated rings. The average Bonchev–Trinajstić information content (AvgIpc) is 2.36. The molecule has 4 heteroatoms. The Labute approximate surface area is 130 Å². The first kappa shape index (κ1) is 14.8. The van der Waals surface area contributed by atoms with E-state index in [0.29, 0.717) is 11.4 Å². The van der Waals surface area contributed by atoms with Crippen LogP contribution < -0.4 is 0 Å². The molecule has 1 nitrogen and oxygen atoms in total. The van der Waals surface area contributed by atoms with Gasteiger partial charge in [0.25, 0.3) is 0 Å². The van der Waals surface area contributed by atoms with Crippen LogP contribution in [0.4, 0.5) is 4.39 Å². The van der Waals surface area contributed by atoms with E-state index < -0.39 is 6.10 Å². The number of benzene rings is 2. The Kier molecular flexibility index (Phi) is 4.81. The molecule has 1 unspecified atom stereocenters. The van der Waals surface area contributed by atoms with Crippen LogP contribution in [-0.4, -0.2) is 5.11 Å². The zero-order valence-corrected chi connectivity index (χ0v) is 13.2. The molecule has 0 saturated heterocycles. The van der Waals surface area contributed by atoms with E-state index in [-0.39, 0.29) is 5.82 Å². The van der Waals surface area contributed by atoms with Crippen molar-refractivity contribution in [3.63, 3.8) is 0 Å². The van der Waals surface area contributed by atoms with E-state index in [0.717, 1.165) is 20.3 Å². The summed E-state index contributed by atoms with van der Waals surface area (Å²) < 4.78 is 14.0. The lowest BCUT2D eigenvalue weighted by Crippen LogP contribution is -2.05.